The van der Waals surface area contributed by atoms with Crippen molar-refractivity contribution in [1.29, 1.82) is 0 Å². The number of carbonyl (C=O) groups is 2. The Labute approximate surface area is 152 Å². The van der Waals surface area contributed by atoms with Crippen molar-refractivity contribution in [2.24, 2.45) is 0 Å². The number of benzene rings is 2. The summed E-state index contributed by atoms with van der Waals surface area (Å²) in [6, 6.07) is 17.5. The van der Waals surface area contributed by atoms with Crippen LogP contribution in [0.4, 0.5) is 0 Å². The van der Waals surface area contributed by atoms with Crippen LogP contribution in [-0.4, -0.2) is 29.7 Å². The van der Waals surface area contributed by atoms with Crippen molar-refractivity contribution < 1.29 is 14.0 Å². The first-order valence-electron chi connectivity index (χ1n) is 8.94. The number of furan rings is 1. The molecular weight excluding hydrogens is 326 g/mol. The topological polar surface area (TPSA) is 50.5 Å². The van der Waals surface area contributed by atoms with Gasteiger partial charge < -0.3 is 9.32 Å². The first-order valence-corrected chi connectivity index (χ1v) is 8.94. The molecule has 4 nitrogen and oxygen atoms in total. The van der Waals surface area contributed by atoms with Gasteiger partial charge in [0.1, 0.15) is 17.6 Å². The van der Waals surface area contributed by atoms with Crippen molar-refractivity contribution in [2.75, 3.05) is 13.1 Å². The van der Waals surface area contributed by atoms with Crippen LogP contribution >= 0.6 is 0 Å². The molecule has 0 saturated carbocycles. The third-order valence-electron chi connectivity index (χ3n) is 5.62. The minimum Gasteiger partial charge on any atom is -0.463 e. The Hall–Kier alpha value is -2.88. The summed E-state index contributed by atoms with van der Waals surface area (Å²) in [6.07, 6.45) is 2.83. The van der Waals surface area contributed by atoms with E-state index in [4.69, 9.17) is 4.42 Å². The quantitative estimate of drug-likeness (QED) is 0.714. The number of piperidine rings is 1. The molecule has 4 rings (SSSR count). The second-order valence-electron chi connectivity index (χ2n) is 6.94. The fourth-order valence-electron chi connectivity index (χ4n) is 4.01. The molecule has 0 bridgehead atoms. The minimum absolute atomic E-state index is 0.0276. The molecule has 1 aromatic heterocycles. The zero-order valence-corrected chi connectivity index (χ0v) is 14.8. The van der Waals surface area contributed by atoms with Crippen LogP contribution in [0.15, 0.2) is 65.3 Å². The minimum atomic E-state index is -0.490. The second kappa shape index (κ2) is 6.45. The molecule has 1 aliphatic heterocycles. The van der Waals surface area contributed by atoms with E-state index >= 15 is 0 Å². The van der Waals surface area contributed by atoms with E-state index in [9.17, 15) is 9.59 Å². The third-order valence-corrected chi connectivity index (χ3v) is 5.62. The van der Waals surface area contributed by atoms with Crippen LogP contribution < -0.4 is 0 Å². The molecule has 0 spiro atoms. The number of hydrogen-bond donors (Lipinski definition) is 0. The van der Waals surface area contributed by atoms with Gasteiger partial charge in [-0.1, -0.05) is 48.5 Å². The van der Waals surface area contributed by atoms with Crippen molar-refractivity contribution in [3.8, 4) is 0 Å². The van der Waals surface area contributed by atoms with Crippen molar-refractivity contribution >= 4 is 22.7 Å². The van der Waals surface area contributed by atoms with Crippen LogP contribution in [0.2, 0.25) is 0 Å². The van der Waals surface area contributed by atoms with Crippen LogP contribution in [0.5, 0.6) is 0 Å². The highest BCUT2D eigenvalue weighted by Crippen LogP contribution is 2.37. The van der Waals surface area contributed by atoms with Gasteiger partial charge in [0.25, 0.3) is 5.91 Å². The summed E-state index contributed by atoms with van der Waals surface area (Å²) in [5, 5.41) is 0.837. The fourth-order valence-corrected chi connectivity index (χ4v) is 4.01. The lowest BCUT2D eigenvalue weighted by atomic mass is 9.70. The van der Waals surface area contributed by atoms with Crippen molar-refractivity contribution in [1.82, 2.24) is 4.90 Å². The van der Waals surface area contributed by atoms with E-state index in [2.05, 4.69) is 0 Å². The summed E-state index contributed by atoms with van der Waals surface area (Å²) in [4.78, 5) is 27.3. The molecule has 0 aliphatic carbocycles. The molecule has 0 radical (unpaired) electrons. The molecule has 4 heteroatoms. The highest BCUT2D eigenvalue weighted by atomic mass is 16.3. The van der Waals surface area contributed by atoms with Gasteiger partial charge in [0.05, 0.1) is 11.0 Å². The average Bonchev–Trinajstić information content (AvgIpc) is 3.12. The molecule has 0 unspecified atom stereocenters. The zero-order valence-electron chi connectivity index (χ0n) is 14.8. The molecule has 2 heterocycles. The molecule has 3 aromatic rings. The van der Waals surface area contributed by atoms with Gasteiger partial charge in [-0.2, -0.15) is 0 Å². The summed E-state index contributed by atoms with van der Waals surface area (Å²) >= 11 is 0. The lowest BCUT2D eigenvalue weighted by molar-refractivity contribution is -0.124. The third kappa shape index (κ3) is 2.62. The SMILES string of the molecule is CC(=O)C1(c2ccccc2)CCN(C(=O)c2coc3ccccc23)CC1. The van der Waals surface area contributed by atoms with E-state index in [1.54, 1.807) is 6.92 Å². The number of nitrogens with zero attached hydrogens (tertiary/aromatic N) is 1. The number of Topliss-reactive ketones (excluding diaryl/α,β-unsaturated/α-hetero) is 1. The Kier molecular flexibility index (Phi) is 4.11. The molecule has 26 heavy (non-hydrogen) atoms. The largest absolute Gasteiger partial charge is 0.463 e. The van der Waals surface area contributed by atoms with Gasteiger partial charge in [0, 0.05) is 18.5 Å². The van der Waals surface area contributed by atoms with E-state index in [-0.39, 0.29) is 11.7 Å². The highest BCUT2D eigenvalue weighted by molar-refractivity contribution is 6.06. The van der Waals surface area contributed by atoms with Crippen LogP contribution in [0.1, 0.15) is 35.7 Å². The summed E-state index contributed by atoms with van der Waals surface area (Å²) in [5.41, 5.74) is 1.87. The number of amides is 1. The Morgan fingerprint density at radius 3 is 2.31 bits per heavy atom. The molecule has 0 atom stereocenters. The number of carbonyl (C=O) groups excluding carboxylic acids is 2. The Balaban J connectivity index is 1.58. The van der Waals surface area contributed by atoms with Crippen LogP contribution in [-0.2, 0) is 10.2 Å². The summed E-state index contributed by atoms with van der Waals surface area (Å²) in [5.74, 6) is 0.143. The standard InChI is InChI=1S/C22H21NO3/c1-16(24)22(17-7-3-2-4-8-17)11-13-23(14-12-22)21(25)19-15-26-20-10-6-5-9-18(19)20/h2-10,15H,11-14H2,1H3. The van der Waals surface area contributed by atoms with Crippen LogP contribution in [0.25, 0.3) is 11.0 Å². The van der Waals surface area contributed by atoms with Gasteiger partial charge in [-0.3, -0.25) is 9.59 Å². The van der Waals surface area contributed by atoms with Gasteiger partial charge >= 0.3 is 0 Å². The van der Waals surface area contributed by atoms with Gasteiger partial charge in [-0.25, -0.2) is 0 Å². The number of ketones is 1. The number of likely N-dealkylation sites (tertiary alicyclic amines) is 1. The smallest absolute Gasteiger partial charge is 0.257 e. The maximum atomic E-state index is 13.0. The van der Waals surface area contributed by atoms with Gasteiger partial charge in [0.15, 0.2) is 0 Å². The van der Waals surface area contributed by atoms with Gasteiger partial charge in [-0.15, -0.1) is 0 Å². The molecule has 0 N–H and O–H groups in total. The van der Waals surface area contributed by atoms with Crippen molar-refractivity contribution in [3.63, 3.8) is 0 Å². The van der Waals surface area contributed by atoms with E-state index in [1.165, 1.54) is 6.26 Å². The highest BCUT2D eigenvalue weighted by Gasteiger charge is 2.41. The Bertz CT molecular complexity index is 950. The van der Waals surface area contributed by atoms with E-state index in [1.807, 2.05) is 59.5 Å². The predicted octanol–water partition coefficient (Wildman–Crippen LogP) is 4.20. The summed E-state index contributed by atoms with van der Waals surface area (Å²) in [7, 11) is 0. The van der Waals surface area contributed by atoms with Crippen LogP contribution in [0.3, 0.4) is 0 Å². The number of rotatable bonds is 3. The van der Waals surface area contributed by atoms with E-state index < -0.39 is 5.41 Å². The molecule has 2 aromatic carbocycles. The first kappa shape index (κ1) is 16.6. The van der Waals surface area contributed by atoms with Gasteiger partial charge in [-0.05, 0) is 31.4 Å². The molecule has 1 fully saturated rings. The monoisotopic (exact) mass is 347 g/mol. The number of hydrogen-bond acceptors (Lipinski definition) is 3. The summed E-state index contributed by atoms with van der Waals surface area (Å²) in [6.45, 7) is 2.79. The maximum Gasteiger partial charge on any atom is 0.257 e. The summed E-state index contributed by atoms with van der Waals surface area (Å²) < 4.78 is 5.51. The lowest BCUT2D eigenvalue weighted by Gasteiger charge is -2.40. The molecule has 132 valence electrons. The van der Waals surface area contributed by atoms with E-state index in [0.717, 1.165) is 16.5 Å². The molecular formula is C22H21NO3. The molecule has 1 amide bonds. The zero-order chi connectivity index (χ0) is 18.1. The molecule has 1 aliphatic rings. The van der Waals surface area contributed by atoms with Crippen LogP contribution in [0, 0.1) is 0 Å². The van der Waals surface area contributed by atoms with Gasteiger partial charge in [0.2, 0.25) is 0 Å². The fraction of sp³-hybridized carbons (Fsp3) is 0.273. The first-order chi connectivity index (χ1) is 12.6. The van der Waals surface area contributed by atoms with Crippen molar-refractivity contribution in [2.45, 2.75) is 25.2 Å². The number of para-hydroxylation sites is 1. The normalized spacial score (nSPS) is 16.6. The average molecular weight is 347 g/mol. The Morgan fingerprint density at radius 1 is 0.962 bits per heavy atom. The molecule has 1 saturated heterocycles. The lowest BCUT2D eigenvalue weighted by Crippen LogP contribution is -2.48. The predicted molar refractivity (Wildman–Crippen MR) is 100 cm³/mol. The Morgan fingerprint density at radius 2 is 1.62 bits per heavy atom. The maximum absolute atomic E-state index is 13.0. The van der Waals surface area contributed by atoms with Crippen molar-refractivity contribution in [3.05, 3.63) is 72.0 Å². The second-order valence-corrected chi connectivity index (χ2v) is 6.94. The number of fused-ring (bicyclic) bond motifs is 1. The van der Waals surface area contributed by atoms with E-state index in [0.29, 0.717) is 31.5 Å².